The van der Waals surface area contributed by atoms with E-state index in [4.69, 9.17) is 0 Å². The number of urea groups is 1. The quantitative estimate of drug-likeness (QED) is 0.793. The van der Waals surface area contributed by atoms with Gasteiger partial charge >= 0.3 is 6.03 Å². The van der Waals surface area contributed by atoms with Gasteiger partial charge in [-0.2, -0.15) is 5.10 Å². The van der Waals surface area contributed by atoms with Crippen molar-refractivity contribution in [3.05, 3.63) is 35.5 Å². The second kappa shape index (κ2) is 6.32. The predicted octanol–water partition coefficient (Wildman–Crippen LogP) is 2.70. The number of anilines is 2. The van der Waals surface area contributed by atoms with Crippen LogP contribution in [0.1, 0.15) is 17.7 Å². The molecule has 1 aromatic carbocycles. The lowest BCUT2D eigenvalue weighted by molar-refractivity contribution is 0.148. The minimum Gasteiger partial charge on any atom is -0.308 e. The summed E-state index contributed by atoms with van der Waals surface area (Å²) in [6.07, 6.45) is -2.15. The van der Waals surface area contributed by atoms with E-state index in [9.17, 15) is 22.0 Å². The van der Waals surface area contributed by atoms with Crippen molar-refractivity contribution in [3.8, 4) is 0 Å². The first-order valence-corrected chi connectivity index (χ1v) is 8.28. The van der Waals surface area contributed by atoms with Crippen molar-refractivity contribution in [1.82, 2.24) is 10.2 Å². The Kier molecular flexibility index (Phi) is 4.64. The molecule has 0 saturated heterocycles. The summed E-state index contributed by atoms with van der Waals surface area (Å²) >= 11 is 0. The minimum absolute atomic E-state index is 0.0393. The van der Waals surface area contributed by atoms with Crippen LogP contribution in [-0.2, 0) is 9.84 Å². The average molecular weight is 344 g/mol. The van der Waals surface area contributed by atoms with Crippen molar-refractivity contribution in [3.63, 3.8) is 0 Å². The Morgan fingerprint density at radius 2 is 1.96 bits per heavy atom. The van der Waals surface area contributed by atoms with Crippen molar-refractivity contribution in [1.29, 1.82) is 0 Å². The van der Waals surface area contributed by atoms with Gasteiger partial charge in [-0.15, -0.1) is 0 Å². The molecule has 7 nitrogen and oxygen atoms in total. The summed E-state index contributed by atoms with van der Waals surface area (Å²) in [5, 5.41) is 11.2. The Balaban J connectivity index is 2.20. The van der Waals surface area contributed by atoms with E-state index in [0.29, 0.717) is 0 Å². The maximum atomic E-state index is 13.0. The molecule has 1 aromatic heterocycles. The van der Waals surface area contributed by atoms with Crippen LogP contribution in [0.25, 0.3) is 0 Å². The molecule has 0 radical (unpaired) electrons. The number of H-pyrrole nitrogens is 1. The third-order valence-electron chi connectivity index (χ3n) is 2.85. The molecule has 0 spiro atoms. The highest BCUT2D eigenvalue weighted by Crippen LogP contribution is 2.29. The van der Waals surface area contributed by atoms with Gasteiger partial charge < -0.3 is 5.32 Å². The van der Waals surface area contributed by atoms with E-state index in [0.717, 1.165) is 24.1 Å². The molecule has 1 heterocycles. The lowest BCUT2D eigenvalue weighted by Crippen LogP contribution is -2.20. The largest absolute Gasteiger partial charge is 0.324 e. The first-order valence-electron chi connectivity index (χ1n) is 6.39. The Labute approximate surface area is 131 Å². The van der Waals surface area contributed by atoms with Gasteiger partial charge in [0.05, 0.1) is 4.90 Å². The monoisotopic (exact) mass is 344 g/mol. The van der Waals surface area contributed by atoms with E-state index in [1.54, 1.807) is 13.0 Å². The molecular weight excluding hydrogens is 330 g/mol. The van der Waals surface area contributed by atoms with Gasteiger partial charge in [0.15, 0.2) is 15.7 Å². The number of hydrogen-bond donors (Lipinski definition) is 3. The molecule has 23 heavy (non-hydrogen) atoms. The van der Waals surface area contributed by atoms with Crippen molar-refractivity contribution in [2.75, 3.05) is 16.9 Å². The molecule has 0 atom stereocenters. The molecule has 2 aromatic rings. The van der Waals surface area contributed by atoms with Crippen LogP contribution in [0, 0.1) is 6.92 Å². The van der Waals surface area contributed by atoms with Crippen LogP contribution in [0.4, 0.5) is 25.1 Å². The van der Waals surface area contributed by atoms with E-state index < -0.39 is 32.8 Å². The van der Waals surface area contributed by atoms with Crippen LogP contribution in [-0.4, -0.2) is 30.9 Å². The molecule has 10 heteroatoms. The number of hydrogen-bond acceptors (Lipinski definition) is 4. The lowest BCUT2D eigenvalue weighted by atomic mass is 10.2. The maximum absolute atomic E-state index is 13.0. The van der Waals surface area contributed by atoms with E-state index in [1.807, 2.05) is 0 Å². The molecule has 2 amide bonds. The van der Waals surface area contributed by atoms with Crippen molar-refractivity contribution < 1.29 is 22.0 Å². The molecule has 0 aliphatic carbocycles. The summed E-state index contributed by atoms with van der Waals surface area (Å²) in [5.74, 6) is 0.266. The second-order valence-electron chi connectivity index (χ2n) is 4.84. The molecule has 3 N–H and O–H groups in total. The number of nitrogens with one attached hydrogen (secondary N) is 3. The Morgan fingerprint density at radius 3 is 2.48 bits per heavy atom. The second-order valence-corrected chi connectivity index (χ2v) is 6.82. The standard InChI is InChI=1S/C13H14F2N4O3S/c1-7-5-11(19-18-7)17-13(20)16-8-3-4-10(23(2,21)22)9(6-8)12(14)15/h3-6,12H,1-2H3,(H3,16,17,18,19,20). The van der Waals surface area contributed by atoms with E-state index in [-0.39, 0.29) is 11.5 Å². The smallest absolute Gasteiger partial charge is 0.308 e. The Hall–Kier alpha value is -2.49. The topological polar surface area (TPSA) is 104 Å². The first-order chi connectivity index (χ1) is 10.7. The number of rotatable bonds is 4. The summed E-state index contributed by atoms with van der Waals surface area (Å²) in [4.78, 5) is 11.3. The molecule has 0 unspecified atom stereocenters. The number of amides is 2. The maximum Gasteiger partial charge on any atom is 0.324 e. The third kappa shape index (κ3) is 4.25. The summed E-state index contributed by atoms with van der Waals surface area (Å²) in [5.41, 5.74) is 0.108. The van der Waals surface area contributed by atoms with E-state index in [2.05, 4.69) is 20.8 Å². The zero-order chi connectivity index (χ0) is 17.2. The SMILES string of the molecule is Cc1cc(NC(=O)Nc2ccc(S(C)(=O)=O)c(C(F)F)c2)n[nH]1. The van der Waals surface area contributed by atoms with Crippen molar-refractivity contribution in [2.24, 2.45) is 0 Å². The number of carbonyl (C=O) groups is 1. The normalized spacial score (nSPS) is 11.5. The van der Waals surface area contributed by atoms with Crippen molar-refractivity contribution >= 4 is 27.4 Å². The van der Waals surface area contributed by atoms with Crippen LogP contribution in [0.15, 0.2) is 29.2 Å². The van der Waals surface area contributed by atoms with Crippen LogP contribution in [0.2, 0.25) is 0 Å². The molecule has 0 aliphatic rings. The van der Waals surface area contributed by atoms with Gasteiger partial charge in [0, 0.05) is 29.3 Å². The first kappa shape index (κ1) is 16.9. The number of halogens is 2. The van der Waals surface area contributed by atoms with E-state index in [1.165, 1.54) is 6.07 Å². The number of benzene rings is 1. The molecule has 124 valence electrons. The van der Waals surface area contributed by atoms with Gasteiger partial charge in [-0.3, -0.25) is 10.4 Å². The van der Waals surface area contributed by atoms with Gasteiger partial charge in [0.1, 0.15) is 0 Å². The molecule has 0 fully saturated rings. The van der Waals surface area contributed by atoms with Gasteiger partial charge in [-0.05, 0) is 25.1 Å². The fourth-order valence-electron chi connectivity index (χ4n) is 1.90. The van der Waals surface area contributed by atoms with Gasteiger partial charge in [0.25, 0.3) is 6.43 Å². The highest BCUT2D eigenvalue weighted by atomic mass is 32.2. The number of carbonyl (C=O) groups excluding carboxylic acids is 1. The van der Waals surface area contributed by atoms with Crippen LogP contribution in [0.5, 0.6) is 0 Å². The van der Waals surface area contributed by atoms with Gasteiger partial charge in [-0.1, -0.05) is 0 Å². The fourth-order valence-corrected chi connectivity index (χ4v) is 2.79. The minimum atomic E-state index is -3.79. The highest BCUT2D eigenvalue weighted by Gasteiger charge is 2.21. The summed E-state index contributed by atoms with van der Waals surface area (Å²) in [6.45, 7) is 1.74. The molecule has 0 saturated carbocycles. The summed E-state index contributed by atoms with van der Waals surface area (Å²) < 4.78 is 49.0. The van der Waals surface area contributed by atoms with Crippen LogP contribution in [0.3, 0.4) is 0 Å². The zero-order valence-electron chi connectivity index (χ0n) is 12.2. The fraction of sp³-hybridized carbons (Fsp3) is 0.231. The zero-order valence-corrected chi connectivity index (χ0v) is 13.0. The van der Waals surface area contributed by atoms with Crippen LogP contribution >= 0.6 is 0 Å². The van der Waals surface area contributed by atoms with E-state index >= 15 is 0 Å². The average Bonchev–Trinajstić information content (AvgIpc) is 2.82. The molecule has 0 bridgehead atoms. The van der Waals surface area contributed by atoms with Gasteiger partial charge in [-0.25, -0.2) is 22.0 Å². The van der Waals surface area contributed by atoms with Gasteiger partial charge in [0.2, 0.25) is 0 Å². The summed E-state index contributed by atoms with van der Waals surface area (Å²) in [7, 11) is -3.79. The number of aryl methyl sites for hydroxylation is 1. The Bertz CT molecular complexity index is 833. The Morgan fingerprint density at radius 1 is 1.26 bits per heavy atom. The number of aromatic amines is 1. The lowest BCUT2D eigenvalue weighted by Gasteiger charge is -2.11. The van der Waals surface area contributed by atoms with Crippen LogP contribution < -0.4 is 10.6 Å². The number of aromatic nitrogens is 2. The number of alkyl halides is 2. The van der Waals surface area contributed by atoms with Crippen molar-refractivity contribution in [2.45, 2.75) is 18.2 Å². The molecule has 2 rings (SSSR count). The third-order valence-corrected chi connectivity index (χ3v) is 4.02. The molecular formula is C13H14F2N4O3S. The highest BCUT2D eigenvalue weighted by molar-refractivity contribution is 7.90. The predicted molar refractivity (Wildman–Crippen MR) is 80.5 cm³/mol. The number of nitrogens with zero attached hydrogens (tertiary/aromatic N) is 1. The molecule has 0 aliphatic heterocycles. The number of sulfone groups is 1. The summed E-state index contributed by atoms with van der Waals surface area (Å²) in [6, 6.07) is 4.08.